The van der Waals surface area contributed by atoms with Crippen molar-refractivity contribution < 1.29 is 19.1 Å². The van der Waals surface area contributed by atoms with Crippen molar-refractivity contribution in [1.82, 2.24) is 20.2 Å². The fraction of sp³-hybridized carbons (Fsp3) is 0.483. The van der Waals surface area contributed by atoms with Gasteiger partial charge in [-0.2, -0.15) is 0 Å². The van der Waals surface area contributed by atoms with Crippen molar-refractivity contribution in [3.8, 4) is 5.75 Å². The largest absolute Gasteiger partial charge is 0.485 e. The molecule has 1 fully saturated rings. The number of hydrogen-bond donors (Lipinski definition) is 2. The van der Waals surface area contributed by atoms with E-state index in [4.69, 9.17) is 9.15 Å². The molecule has 196 valence electrons. The normalized spacial score (nSPS) is 16.6. The molecule has 1 saturated carbocycles. The zero-order valence-electron chi connectivity index (χ0n) is 21.7. The van der Waals surface area contributed by atoms with E-state index >= 15 is 0 Å². The molecule has 8 nitrogen and oxygen atoms in total. The van der Waals surface area contributed by atoms with Gasteiger partial charge < -0.3 is 19.6 Å². The molecule has 1 aliphatic carbocycles. The predicted molar refractivity (Wildman–Crippen MR) is 139 cm³/mol. The Kier molecular flexibility index (Phi) is 7.86. The molecule has 1 aliphatic heterocycles. The monoisotopic (exact) mass is 504 g/mol. The summed E-state index contributed by atoms with van der Waals surface area (Å²) in [4.78, 5) is 23.4. The minimum absolute atomic E-state index is 0.163. The van der Waals surface area contributed by atoms with E-state index in [1.807, 2.05) is 19.1 Å². The molecule has 2 aromatic heterocycles. The van der Waals surface area contributed by atoms with E-state index in [1.54, 1.807) is 12.3 Å². The van der Waals surface area contributed by atoms with Crippen LogP contribution in [0.2, 0.25) is 0 Å². The molecule has 0 saturated heterocycles. The molecular formula is C29H36N4O4. The number of amides is 1. The summed E-state index contributed by atoms with van der Waals surface area (Å²) in [5, 5.41) is 13.5. The smallest absolute Gasteiger partial charge is 0.251 e. The highest BCUT2D eigenvalue weighted by Gasteiger charge is 2.23. The number of hydrogen-bond acceptors (Lipinski definition) is 7. The predicted octanol–water partition coefficient (Wildman–Crippen LogP) is 3.76. The fourth-order valence-corrected chi connectivity index (χ4v) is 5.20. The second kappa shape index (κ2) is 11.4. The maximum Gasteiger partial charge on any atom is 0.251 e. The van der Waals surface area contributed by atoms with E-state index in [2.05, 4.69) is 33.2 Å². The van der Waals surface area contributed by atoms with Crippen molar-refractivity contribution in [1.29, 1.82) is 0 Å². The third kappa shape index (κ3) is 6.19. The summed E-state index contributed by atoms with van der Waals surface area (Å²) < 4.78 is 11.4. The maximum absolute atomic E-state index is 12.7. The van der Waals surface area contributed by atoms with Crippen molar-refractivity contribution in [2.75, 3.05) is 19.6 Å². The van der Waals surface area contributed by atoms with Gasteiger partial charge in [-0.1, -0.05) is 25.3 Å². The van der Waals surface area contributed by atoms with Crippen LogP contribution in [0.4, 0.5) is 0 Å². The quantitative estimate of drug-likeness (QED) is 0.434. The van der Waals surface area contributed by atoms with Crippen molar-refractivity contribution in [3.63, 3.8) is 0 Å². The number of carbonyl (C=O) groups is 1. The van der Waals surface area contributed by atoms with Crippen molar-refractivity contribution in [3.05, 3.63) is 76.3 Å². The van der Waals surface area contributed by atoms with Gasteiger partial charge >= 0.3 is 0 Å². The van der Waals surface area contributed by atoms with Gasteiger partial charge in [0.2, 0.25) is 0 Å². The highest BCUT2D eigenvalue weighted by molar-refractivity contribution is 5.94. The lowest BCUT2D eigenvalue weighted by Crippen LogP contribution is -2.42. The van der Waals surface area contributed by atoms with Gasteiger partial charge in [0.25, 0.3) is 5.91 Å². The SMILES string of the molecule is Cc1ncoc1COc1ccc2c(c1C)CCN(C[C@@H](O)CNC(=O)c1ccnc(CC3CCC3)c1)C2. The summed E-state index contributed by atoms with van der Waals surface area (Å²) in [5.41, 5.74) is 6.13. The Morgan fingerprint density at radius 3 is 2.89 bits per heavy atom. The van der Waals surface area contributed by atoms with Crippen LogP contribution in [0, 0.1) is 19.8 Å². The summed E-state index contributed by atoms with van der Waals surface area (Å²) in [6.07, 6.45) is 8.13. The molecule has 1 aromatic carbocycles. The number of fused-ring (bicyclic) bond motifs is 1. The van der Waals surface area contributed by atoms with Gasteiger partial charge in [-0.3, -0.25) is 14.7 Å². The van der Waals surface area contributed by atoms with Gasteiger partial charge in [-0.05, 0) is 67.5 Å². The number of ether oxygens (including phenoxy) is 1. The number of aliphatic hydroxyl groups is 1. The first-order valence-corrected chi connectivity index (χ1v) is 13.2. The molecule has 0 spiro atoms. The minimum Gasteiger partial charge on any atom is -0.485 e. The molecule has 3 heterocycles. The van der Waals surface area contributed by atoms with Crippen LogP contribution in [0.25, 0.3) is 0 Å². The molecule has 0 radical (unpaired) electrons. The Labute approximate surface area is 218 Å². The highest BCUT2D eigenvalue weighted by Crippen LogP contribution is 2.30. The summed E-state index contributed by atoms with van der Waals surface area (Å²) in [5.74, 6) is 2.14. The van der Waals surface area contributed by atoms with Gasteiger partial charge in [0.15, 0.2) is 12.2 Å². The van der Waals surface area contributed by atoms with Crippen LogP contribution in [0.1, 0.15) is 63.5 Å². The summed E-state index contributed by atoms with van der Waals surface area (Å²) >= 11 is 0. The van der Waals surface area contributed by atoms with Crippen LogP contribution in [0.5, 0.6) is 5.75 Å². The minimum atomic E-state index is -0.643. The molecule has 5 rings (SSSR count). The Morgan fingerprint density at radius 1 is 1.27 bits per heavy atom. The number of aromatic nitrogens is 2. The summed E-state index contributed by atoms with van der Waals surface area (Å²) in [6.45, 7) is 6.69. The van der Waals surface area contributed by atoms with Crippen LogP contribution < -0.4 is 10.1 Å². The lowest BCUT2D eigenvalue weighted by atomic mass is 9.82. The number of nitrogens with zero attached hydrogens (tertiary/aromatic N) is 3. The van der Waals surface area contributed by atoms with Crippen molar-refractivity contribution in [2.24, 2.45) is 5.92 Å². The lowest BCUT2D eigenvalue weighted by molar-refractivity contribution is 0.0841. The Bertz CT molecular complexity index is 1240. The first-order chi connectivity index (χ1) is 18.0. The Hall–Kier alpha value is -3.23. The van der Waals surface area contributed by atoms with Crippen LogP contribution in [-0.4, -0.2) is 51.6 Å². The first-order valence-electron chi connectivity index (χ1n) is 13.2. The molecule has 37 heavy (non-hydrogen) atoms. The number of rotatable bonds is 10. The molecule has 1 atom stereocenters. The van der Waals surface area contributed by atoms with Crippen LogP contribution in [0.15, 0.2) is 41.3 Å². The number of β-amino-alcohol motifs (C(OH)–C–C–N with tert-alkyl or cyclic N) is 1. The van der Waals surface area contributed by atoms with Gasteiger partial charge in [-0.25, -0.2) is 4.98 Å². The summed E-state index contributed by atoms with van der Waals surface area (Å²) in [7, 11) is 0. The van der Waals surface area contributed by atoms with E-state index in [0.29, 0.717) is 24.6 Å². The molecule has 3 aromatic rings. The van der Waals surface area contributed by atoms with E-state index < -0.39 is 6.10 Å². The molecule has 0 bridgehead atoms. The number of aliphatic hydroxyl groups excluding tert-OH is 1. The van der Waals surface area contributed by atoms with Gasteiger partial charge in [-0.15, -0.1) is 0 Å². The van der Waals surface area contributed by atoms with Gasteiger partial charge in [0.1, 0.15) is 12.4 Å². The average Bonchev–Trinajstić information content (AvgIpc) is 3.29. The highest BCUT2D eigenvalue weighted by atomic mass is 16.5. The molecule has 2 aliphatic rings. The zero-order valence-corrected chi connectivity index (χ0v) is 21.7. The molecule has 8 heteroatoms. The number of benzene rings is 1. The van der Waals surface area contributed by atoms with Crippen LogP contribution in [0.3, 0.4) is 0 Å². The maximum atomic E-state index is 12.7. The molecular weight excluding hydrogens is 468 g/mol. The number of nitrogens with one attached hydrogen (secondary N) is 1. The number of pyridine rings is 1. The Morgan fingerprint density at radius 2 is 2.14 bits per heavy atom. The van der Waals surface area contributed by atoms with Gasteiger partial charge in [0, 0.05) is 43.6 Å². The van der Waals surface area contributed by atoms with Crippen molar-refractivity contribution in [2.45, 2.75) is 65.2 Å². The van der Waals surface area contributed by atoms with Crippen LogP contribution in [-0.2, 0) is 26.0 Å². The second-order valence-electron chi connectivity index (χ2n) is 10.4. The molecule has 2 N–H and O–H groups in total. The van der Waals surface area contributed by atoms with E-state index in [0.717, 1.165) is 54.4 Å². The van der Waals surface area contributed by atoms with E-state index in [9.17, 15) is 9.90 Å². The standard InChI is InChI=1S/C29H36N4O4/c1-19-26-9-11-33(15-23(26)6-7-27(19)36-17-28-20(2)32-18-37-28)16-25(34)14-31-29(35)22-8-10-30-24(13-22)12-21-4-3-5-21/h6-8,10,13,18,21,25,34H,3-5,9,11-12,14-17H2,1-2H3,(H,31,35)/t25-/m0/s1. The van der Waals surface area contributed by atoms with E-state index in [1.165, 1.54) is 36.8 Å². The second-order valence-corrected chi connectivity index (χ2v) is 10.4. The Balaban J connectivity index is 1.10. The number of aryl methyl sites for hydroxylation is 1. The molecule has 1 amide bonds. The third-order valence-corrected chi connectivity index (χ3v) is 7.69. The summed E-state index contributed by atoms with van der Waals surface area (Å²) in [6, 6.07) is 7.74. The number of carbonyl (C=O) groups excluding carboxylic acids is 1. The lowest BCUT2D eigenvalue weighted by Gasteiger charge is -2.31. The fourth-order valence-electron chi connectivity index (χ4n) is 5.20. The van der Waals surface area contributed by atoms with E-state index in [-0.39, 0.29) is 12.5 Å². The van der Waals surface area contributed by atoms with Crippen LogP contribution >= 0.6 is 0 Å². The average molecular weight is 505 g/mol. The zero-order chi connectivity index (χ0) is 25.8. The number of oxazole rings is 1. The van der Waals surface area contributed by atoms with Gasteiger partial charge in [0.05, 0.1) is 11.8 Å². The first kappa shape index (κ1) is 25.4. The van der Waals surface area contributed by atoms with Crippen molar-refractivity contribution >= 4 is 5.91 Å². The topological polar surface area (TPSA) is 101 Å². The molecule has 0 unspecified atom stereocenters. The third-order valence-electron chi connectivity index (χ3n) is 7.69.